The molecule has 0 aliphatic heterocycles. The molecule has 19 heavy (non-hydrogen) atoms. The Hall–Kier alpha value is -1.85. The quantitative estimate of drug-likeness (QED) is 0.795. The second-order valence-corrected chi connectivity index (χ2v) is 5.08. The summed E-state index contributed by atoms with van der Waals surface area (Å²) in [4.78, 5) is 5.13. The molecule has 0 radical (unpaired) electrons. The summed E-state index contributed by atoms with van der Waals surface area (Å²) in [6.07, 6.45) is 1.85. The molecule has 4 nitrogen and oxygen atoms in total. The second-order valence-electron chi connectivity index (χ2n) is 4.30. The Labute approximate surface area is 114 Å². The average Bonchev–Trinajstić information content (AvgIpc) is 2.94. The standard InChI is InChI=1S/C14H13N3OS/c1-2-11-14(19-17-16-11)13(18)10-6-5-9-4-3-7-15-12(9)8-10/h3-8,13,18H,2H2,1H3. The summed E-state index contributed by atoms with van der Waals surface area (Å²) in [6.45, 7) is 2.01. The number of aliphatic hydroxyl groups excluding tert-OH is 1. The first-order valence-electron chi connectivity index (χ1n) is 6.13. The molecule has 0 aliphatic rings. The van der Waals surface area contributed by atoms with Crippen LogP contribution in [0.1, 0.15) is 29.2 Å². The van der Waals surface area contributed by atoms with Gasteiger partial charge in [-0.3, -0.25) is 4.98 Å². The minimum Gasteiger partial charge on any atom is -0.383 e. The van der Waals surface area contributed by atoms with Crippen molar-refractivity contribution in [1.29, 1.82) is 0 Å². The zero-order chi connectivity index (χ0) is 13.2. The van der Waals surface area contributed by atoms with E-state index >= 15 is 0 Å². The number of nitrogens with zero attached hydrogens (tertiary/aromatic N) is 3. The van der Waals surface area contributed by atoms with E-state index in [9.17, 15) is 5.11 Å². The Kier molecular flexibility index (Phi) is 3.23. The van der Waals surface area contributed by atoms with E-state index in [2.05, 4.69) is 14.6 Å². The van der Waals surface area contributed by atoms with Gasteiger partial charge in [0.2, 0.25) is 0 Å². The first-order chi connectivity index (χ1) is 9.29. The van der Waals surface area contributed by atoms with Crippen molar-refractivity contribution in [2.75, 3.05) is 0 Å². The normalized spacial score (nSPS) is 12.7. The van der Waals surface area contributed by atoms with Crippen LogP contribution in [0, 0.1) is 0 Å². The number of aryl methyl sites for hydroxylation is 1. The fourth-order valence-corrected chi connectivity index (χ4v) is 2.83. The van der Waals surface area contributed by atoms with E-state index in [4.69, 9.17) is 0 Å². The second kappa shape index (κ2) is 5.03. The lowest BCUT2D eigenvalue weighted by Gasteiger charge is -2.10. The monoisotopic (exact) mass is 271 g/mol. The third-order valence-corrected chi connectivity index (χ3v) is 3.93. The molecule has 1 N–H and O–H groups in total. The van der Waals surface area contributed by atoms with Crippen molar-refractivity contribution in [3.63, 3.8) is 0 Å². The Morgan fingerprint density at radius 2 is 2.21 bits per heavy atom. The van der Waals surface area contributed by atoms with Crippen LogP contribution in [-0.4, -0.2) is 19.7 Å². The van der Waals surface area contributed by atoms with E-state index in [1.807, 2.05) is 37.3 Å². The number of rotatable bonds is 3. The SMILES string of the molecule is CCc1nnsc1C(O)c1ccc2cccnc2c1. The molecule has 0 saturated carbocycles. The predicted octanol–water partition coefficient (Wildman–Crippen LogP) is 2.73. The highest BCUT2D eigenvalue weighted by Crippen LogP contribution is 2.28. The van der Waals surface area contributed by atoms with Crippen LogP contribution < -0.4 is 0 Å². The van der Waals surface area contributed by atoms with Crippen molar-refractivity contribution in [3.05, 3.63) is 52.7 Å². The molecule has 1 atom stereocenters. The molecule has 0 bridgehead atoms. The van der Waals surface area contributed by atoms with Gasteiger partial charge in [-0.05, 0) is 35.6 Å². The molecular weight excluding hydrogens is 258 g/mol. The van der Waals surface area contributed by atoms with Crippen molar-refractivity contribution >= 4 is 22.4 Å². The van der Waals surface area contributed by atoms with Crippen molar-refractivity contribution in [2.45, 2.75) is 19.4 Å². The van der Waals surface area contributed by atoms with Gasteiger partial charge in [-0.1, -0.05) is 29.6 Å². The summed E-state index contributed by atoms with van der Waals surface area (Å²) in [5.41, 5.74) is 2.57. The maximum atomic E-state index is 10.5. The molecule has 0 fully saturated rings. The smallest absolute Gasteiger partial charge is 0.117 e. The number of aromatic nitrogens is 3. The maximum absolute atomic E-state index is 10.5. The van der Waals surface area contributed by atoms with E-state index in [0.717, 1.165) is 33.5 Å². The highest BCUT2D eigenvalue weighted by Gasteiger charge is 2.18. The van der Waals surface area contributed by atoms with Gasteiger partial charge in [0, 0.05) is 11.6 Å². The topological polar surface area (TPSA) is 58.9 Å². The van der Waals surface area contributed by atoms with Gasteiger partial charge in [0.1, 0.15) is 6.10 Å². The van der Waals surface area contributed by atoms with Gasteiger partial charge in [0.15, 0.2) is 0 Å². The molecule has 2 heterocycles. The Morgan fingerprint density at radius 1 is 1.32 bits per heavy atom. The van der Waals surface area contributed by atoms with Gasteiger partial charge in [-0.2, -0.15) is 0 Å². The summed E-state index contributed by atoms with van der Waals surface area (Å²) in [5.74, 6) is 0. The first kappa shape index (κ1) is 12.2. The van der Waals surface area contributed by atoms with Crippen molar-refractivity contribution in [1.82, 2.24) is 14.6 Å². The third-order valence-electron chi connectivity index (χ3n) is 3.11. The molecule has 0 spiro atoms. The van der Waals surface area contributed by atoms with Crippen LogP contribution in [0.3, 0.4) is 0 Å². The summed E-state index contributed by atoms with van der Waals surface area (Å²) in [7, 11) is 0. The number of pyridine rings is 1. The van der Waals surface area contributed by atoms with Crippen LogP contribution in [0.2, 0.25) is 0 Å². The Bertz CT molecular complexity index is 710. The molecule has 96 valence electrons. The molecule has 0 aliphatic carbocycles. The van der Waals surface area contributed by atoms with Crippen LogP contribution >= 0.6 is 11.5 Å². The molecule has 5 heteroatoms. The third kappa shape index (κ3) is 2.22. The van der Waals surface area contributed by atoms with Crippen LogP contribution in [0.25, 0.3) is 10.9 Å². The molecule has 3 aromatic rings. The lowest BCUT2D eigenvalue weighted by atomic mass is 10.0. The highest BCUT2D eigenvalue weighted by atomic mass is 32.1. The van der Waals surface area contributed by atoms with Crippen LogP contribution in [0.4, 0.5) is 0 Å². The van der Waals surface area contributed by atoms with E-state index in [1.54, 1.807) is 6.20 Å². The van der Waals surface area contributed by atoms with Crippen molar-refractivity contribution < 1.29 is 5.11 Å². The highest BCUT2D eigenvalue weighted by molar-refractivity contribution is 7.05. The number of fused-ring (bicyclic) bond motifs is 1. The fraction of sp³-hybridized carbons (Fsp3) is 0.214. The van der Waals surface area contributed by atoms with Crippen molar-refractivity contribution in [3.8, 4) is 0 Å². The Balaban J connectivity index is 2.04. The number of hydrogen-bond acceptors (Lipinski definition) is 5. The largest absolute Gasteiger partial charge is 0.383 e. The zero-order valence-electron chi connectivity index (χ0n) is 10.4. The summed E-state index contributed by atoms with van der Waals surface area (Å²) in [5, 5.41) is 15.6. The molecule has 2 aromatic heterocycles. The predicted molar refractivity (Wildman–Crippen MR) is 75.1 cm³/mol. The van der Waals surface area contributed by atoms with Crippen LogP contribution in [0.15, 0.2) is 36.5 Å². The van der Waals surface area contributed by atoms with Crippen LogP contribution in [-0.2, 0) is 6.42 Å². The summed E-state index contributed by atoms with van der Waals surface area (Å²) in [6, 6.07) is 9.72. The maximum Gasteiger partial charge on any atom is 0.117 e. The molecule has 0 saturated heterocycles. The van der Waals surface area contributed by atoms with E-state index in [-0.39, 0.29) is 0 Å². The molecule has 3 rings (SSSR count). The molecule has 0 amide bonds. The van der Waals surface area contributed by atoms with Gasteiger partial charge < -0.3 is 5.11 Å². The summed E-state index contributed by atoms with van der Waals surface area (Å²) >= 11 is 1.25. The fourth-order valence-electron chi connectivity index (χ4n) is 2.07. The van der Waals surface area contributed by atoms with Gasteiger partial charge in [0.05, 0.1) is 16.1 Å². The lowest BCUT2D eigenvalue weighted by Crippen LogP contribution is -2.01. The Morgan fingerprint density at radius 3 is 3.05 bits per heavy atom. The molecule has 1 aromatic carbocycles. The van der Waals surface area contributed by atoms with Gasteiger partial charge in [-0.15, -0.1) is 5.10 Å². The zero-order valence-corrected chi connectivity index (χ0v) is 11.3. The van der Waals surface area contributed by atoms with E-state index in [0.29, 0.717) is 0 Å². The minimum absolute atomic E-state index is 0.679. The summed E-state index contributed by atoms with van der Waals surface area (Å²) < 4.78 is 3.92. The minimum atomic E-state index is -0.679. The molecule has 1 unspecified atom stereocenters. The number of benzene rings is 1. The average molecular weight is 271 g/mol. The lowest BCUT2D eigenvalue weighted by molar-refractivity contribution is 0.223. The van der Waals surface area contributed by atoms with E-state index in [1.165, 1.54) is 11.5 Å². The van der Waals surface area contributed by atoms with Gasteiger partial charge in [0.25, 0.3) is 0 Å². The van der Waals surface area contributed by atoms with Crippen molar-refractivity contribution in [2.24, 2.45) is 0 Å². The van der Waals surface area contributed by atoms with Crippen LogP contribution in [0.5, 0.6) is 0 Å². The number of aliphatic hydroxyl groups is 1. The molecular formula is C14H13N3OS. The van der Waals surface area contributed by atoms with Gasteiger partial charge >= 0.3 is 0 Å². The van der Waals surface area contributed by atoms with E-state index < -0.39 is 6.10 Å². The number of hydrogen-bond donors (Lipinski definition) is 1. The van der Waals surface area contributed by atoms with Gasteiger partial charge in [-0.25, -0.2) is 0 Å². The first-order valence-corrected chi connectivity index (χ1v) is 6.91.